The zero-order chi connectivity index (χ0) is 21.5. The summed E-state index contributed by atoms with van der Waals surface area (Å²) in [6, 6.07) is 13.3. The maximum atomic E-state index is 12.4. The smallest absolute Gasteiger partial charge is 0.327 e. The highest BCUT2D eigenvalue weighted by Gasteiger charge is 2.23. The summed E-state index contributed by atoms with van der Waals surface area (Å²) in [5.41, 5.74) is 2.00. The number of rotatable bonds is 8. The van der Waals surface area contributed by atoms with Crippen LogP contribution < -0.4 is 20.3 Å². The van der Waals surface area contributed by atoms with Crippen LogP contribution in [0, 0.1) is 0 Å². The van der Waals surface area contributed by atoms with E-state index in [9.17, 15) is 14.4 Å². The first-order valence-corrected chi connectivity index (χ1v) is 9.67. The van der Waals surface area contributed by atoms with Crippen LogP contribution in [0.4, 0.5) is 11.4 Å². The molecule has 8 nitrogen and oxygen atoms in total. The summed E-state index contributed by atoms with van der Waals surface area (Å²) in [4.78, 5) is 38.2. The molecular weight excluding hydrogens is 386 g/mol. The van der Waals surface area contributed by atoms with Gasteiger partial charge in [0.05, 0.1) is 20.8 Å². The number of ether oxygens (including phenoxy) is 2. The summed E-state index contributed by atoms with van der Waals surface area (Å²) >= 11 is 0. The third-order valence-corrected chi connectivity index (χ3v) is 4.87. The van der Waals surface area contributed by atoms with Crippen molar-refractivity contribution in [3.05, 3.63) is 54.1 Å². The monoisotopic (exact) mass is 411 g/mol. The molecule has 1 saturated heterocycles. The zero-order valence-electron chi connectivity index (χ0n) is 17.0. The molecule has 2 aromatic rings. The van der Waals surface area contributed by atoms with Crippen LogP contribution in [0.1, 0.15) is 24.4 Å². The second-order valence-electron chi connectivity index (χ2n) is 6.86. The number of methoxy groups -OCH3 is 2. The van der Waals surface area contributed by atoms with Gasteiger partial charge in [0.1, 0.15) is 11.8 Å². The molecule has 0 unspecified atom stereocenters. The summed E-state index contributed by atoms with van der Waals surface area (Å²) in [5, 5.41) is 5.72. The van der Waals surface area contributed by atoms with E-state index in [1.165, 1.54) is 7.11 Å². The molecule has 0 bridgehead atoms. The Bertz CT molecular complexity index is 913. The fourth-order valence-electron chi connectivity index (χ4n) is 3.32. The SMILES string of the molecule is COC(=O)[C@H](NCC(=O)Nc1cccc(N2CCCC2=O)c1)c1ccc(OC)cc1. The molecule has 1 aliphatic rings. The Morgan fingerprint density at radius 3 is 2.53 bits per heavy atom. The van der Waals surface area contributed by atoms with Crippen LogP contribution in [0.2, 0.25) is 0 Å². The molecule has 3 rings (SSSR count). The minimum Gasteiger partial charge on any atom is -0.497 e. The summed E-state index contributed by atoms with van der Waals surface area (Å²) in [7, 11) is 2.86. The summed E-state index contributed by atoms with van der Waals surface area (Å²) in [5.74, 6) is -0.0677. The number of hydrogen-bond donors (Lipinski definition) is 2. The molecule has 1 atom stereocenters. The fourth-order valence-corrected chi connectivity index (χ4v) is 3.32. The molecule has 0 saturated carbocycles. The maximum absolute atomic E-state index is 12.4. The van der Waals surface area contributed by atoms with Gasteiger partial charge in [0.25, 0.3) is 0 Å². The predicted octanol–water partition coefficient (Wildman–Crippen LogP) is 2.26. The van der Waals surface area contributed by atoms with Gasteiger partial charge in [-0.05, 0) is 42.3 Å². The molecule has 0 radical (unpaired) electrons. The highest BCUT2D eigenvalue weighted by Crippen LogP contribution is 2.24. The van der Waals surface area contributed by atoms with Crippen LogP contribution in [-0.2, 0) is 19.1 Å². The maximum Gasteiger partial charge on any atom is 0.327 e. The molecule has 2 amide bonds. The molecule has 0 spiro atoms. The third kappa shape index (κ3) is 5.15. The molecule has 30 heavy (non-hydrogen) atoms. The van der Waals surface area contributed by atoms with Gasteiger partial charge in [-0.1, -0.05) is 18.2 Å². The molecule has 8 heteroatoms. The fraction of sp³-hybridized carbons (Fsp3) is 0.318. The topological polar surface area (TPSA) is 97.0 Å². The quantitative estimate of drug-likeness (QED) is 0.647. The Morgan fingerprint density at radius 2 is 1.90 bits per heavy atom. The number of hydrogen-bond acceptors (Lipinski definition) is 6. The van der Waals surface area contributed by atoms with Gasteiger partial charge in [0.15, 0.2) is 0 Å². The lowest BCUT2D eigenvalue weighted by molar-refractivity contribution is -0.143. The van der Waals surface area contributed by atoms with E-state index >= 15 is 0 Å². The van der Waals surface area contributed by atoms with Crippen molar-refractivity contribution in [3.8, 4) is 5.75 Å². The average molecular weight is 411 g/mol. The Balaban J connectivity index is 1.63. The van der Waals surface area contributed by atoms with Gasteiger partial charge in [0, 0.05) is 24.3 Å². The standard InChI is InChI=1S/C22H25N3O5/c1-29-18-10-8-15(9-11-18)21(22(28)30-2)23-14-19(26)24-16-5-3-6-17(13-16)25-12-4-7-20(25)27/h3,5-6,8-11,13,21,23H,4,7,12,14H2,1-2H3,(H,24,26)/t21-/m1/s1. The predicted molar refractivity (Wildman–Crippen MR) is 112 cm³/mol. The Morgan fingerprint density at radius 1 is 1.13 bits per heavy atom. The number of carbonyl (C=O) groups excluding carboxylic acids is 3. The lowest BCUT2D eigenvalue weighted by atomic mass is 10.1. The number of nitrogens with zero attached hydrogens (tertiary/aromatic N) is 1. The van der Waals surface area contributed by atoms with E-state index in [4.69, 9.17) is 9.47 Å². The van der Waals surface area contributed by atoms with Crippen molar-refractivity contribution in [2.24, 2.45) is 0 Å². The van der Waals surface area contributed by atoms with Gasteiger partial charge in [-0.3, -0.25) is 14.9 Å². The lowest BCUT2D eigenvalue weighted by Gasteiger charge is -2.18. The number of benzene rings is 2. The number of carbonyl (C=O) groups is 3. The highest BCUT2D eigenvalue weighted by atomic mass is 16.5. The minimum absolute atomic E-state index is 0.0838. The molecular formula is C22H25N3O5. The van der Waals surface area contributed by atoms with Crippen LogP contribution in [0.15, 0.2) is 48.5 Å². The van der Waals surface area contributed by atoms with Crippen molar-refractivity contribution in [2.45, 2.75) is 18.9 Å². The number of esters is 1. The average Bonchev–Trinajstić information content (AvgIpc) is 3.20. The first kappa shape index (κ1) is 21.3. The lowest BCUT2D eigenvalue weighted by Crippen LogP contribution is -2.35. The van der Waals surface area contributed by atoms with Gasteiger partial charge >= 0.3 is 5.97 Å². The Labute approximate surface area is 175 Å². The first-order valence-electron chi connectivity index (χ1n) is 9.67. The molecule has 2 N–H and O–H groups in total. The highest BCUT2D eigenvalue weighted by molar-refractivity contribution is 5.97. The van der Waals surface area contributed by atoms with Gasteiger partial charge < -0.3 is 19.7 Å². The van der Waals surface area contributed by atoms with Gasteiger partial charge in [-0.15, -0.1) is 0 Å². The van der Waals surface area contributed by atoms with Crippen molar-refractivity contribution in [2.75, 3.05) is 37.5 Å². The Kier molecular flexibility index (Phi) is 7.03. The second kappa shape index (κ2) is 9.89. The molecule has 1 aliphatic heterocycles. The van der Waals surface area contributed by atoms with Crippen molar-refractivity contribution >= 4 is 29.2 Å². The van der Waals surface area contributed by atoms with Crippen LogP contribution >= 0.6 is 0 Å². The minimum atomic E-state index is -0.791. The van der Waals surface area contributed by atoms with Crippen molar-refractivity contribution < 1.29 is 23.9 Å². The number of amides is 2. The first-order chi connectivity index (χ1) is 14.5. The molecule has 1 fully saturated rings. The van der Waals surface area contributed by atoms with Gasteiger partial charge in [0.2, 0.25) is 11.8 Å². The van der Waals surface area contributed by atoms with E-state index in [-0.39, 0.29) is 18.4 Å². The van der Waals surface area contributed by atoms with Crippen LogP contribution in [0.5, 0.6) is 5.75 Å². The Hall–Kier alpha value is -3.39. The summed E-state index contributed by atoms with van der Waals surface area (Å²) < 4.78 is 9.98. The van der Waals surface area contributed by atoms with E-state index < -0.39 is 12.0 Å². The molecule has 158 valence electrons. The van der Waals surface area contributed by atoms with E-state index in [1.807, 2.05) is 6.07 Å². The molecule has 0 aromatic heterocycles. The van der Waals surface area contributed by atoms with Crippen molar-refractivity contribution in [3.63, 3.8) is 0 Å². The van der Waals surface area contributed by atoms with Gasteiger partial charge in [-0.25, -0.2) is 4.79 Å². The zero-order valence-corrected chi connectivity index (χ0v) is 17.0. The third-order valence-electron chi connectivity index (χ3n) is 4.87. The number of nitrogens with one attached hydrogen (secondary N) is 2. The largest absolute Gasteiger partial charge is 0.497 e. The number of anilines is 2. The van der Waals surface area contributed by atoms with Crippen molar-refractivity contribution in [1.29, 1.82) is 0 Å². The van der Waals surface area contributed by atoms with E-state index in [0.717, 1.165) is 12.1 Å². The van der Waals surface area contributed by atoms with E-state index in [0.29, 0.717) is 30.0 Å². The van der Waals surface area contributed by atoms with E-state index in [1.54, 1.807) is 54.5 Å². The normalized spacial score (nSPS) is 14.3. The second-order valence-corrected chi connectivity index (χ2v) is 6.86. The molecule has 0 aliphatic carbocycles. The van der Waals surface area contributed by atoms with Crippen LogP contribution in [0.3, 0.4) is 0 Å². The van der Waals surface area contributed by atoms with Gasteiger partial charge in [-0.2, -0.15) is 0 Å². The molecule has 1 heterocycles. The summed E-state index contributed by atoms with van der Waals surface area (Å²) in [6.07, 6.45) is 1.38. The van der Waals surface area contributed by atoms with Crippen molar-refractivity contribution in [1.82, 2.24) is 5.32 Å². The van der Waals surface area contributed by atoms with E-state index in [2.05, 4.69) is 10.6 Å². The van der Waals surface area contributed by atoms with Crippen LogP contribution in [0.25, 0.3) is 0 Å². The molecule has 2 aromatic carbocycles. The van der Waals surface area contributed by atoms with Crippen LogP contribution in [-0.4, -0.2) is 45.1 Å². The summed E-state index contributed by atoms with van der Waals surface area (Å²) in [6.45, 7) is 0.582.